The highest BCUT2D eigenvalue weighted by Crippen LogP contribution is 2.35. The molecule has 0 unspecified atom stereocenters. The normalized spacial score (nSPS) is 12.2. The van der Waals surface area contributed by atoms with E-state index in [1.165, 1.54) is 32.5 Å². The van der Waals surface area contributed by atoms with Crippen molar-refractivity contribution in [1.29, 1.82) is 0 Å². The summed E-state index contributed by atoms with van der Waals surface area (Å²) in [4.78, 5) is 30.4. The predicted molar refractivity (Wildman–Crippen MR) is 165 cm³/mol. The van der Waals surface area contributed by atoms with E-state index in [1.54, 1.807) is 0 Å². The summed E-state index contributed by atoms with van der Waals surface area (Å²) in [5.41, 5.74) is -1.36. The molecule has 20 nitrogen and oxygen atoms in total. The maximum atomic E-state index is 12.1. The number of alkyl halides is 1. The Morgan fingerprint density at radius 1 is 0.889 bits per heavy atom. The van der Waals surface area contributed by atoms with E-state index in [0.29, 0.717) is 28.9 Å². The van der Waals surface area contributed by atoms with Crippen molar-refractivity contribution in [3.63, 3.8) is 0 Å². The molecule has 0 aliphatic carbocycles. The minimum absolute atomic E-state index is 0.0559. The summed E-state index contributed by atoms with van der Waals surface area (Å²) < 4.78 is 98.7. The Bertz CT molecular complexity index is 1850. The SMILES string of the molecule is CC(C)(C)OC(=O)N(Cc1csc([N+](=O)[O-])c1S(N)(=O)=O)S(C)(=O)=O.CCl.CS(=O)(=O)NCc1csc([N+](=O)[O-])c1S(N)(=O)=O. The molecule has 0 spiro atoms. The van der Waals surface area contributed by atoms with Crippen LogP contribution in [-0.4, -0.2) is 78.4 Å². The predicted octanol–water partition coefficient (Wildman–Crippen LogP) is 1.21. The van der Waals surface area contributed by atoms with Gasteiger partial charge in [0, 0.05) is 34.8 Å². The highest BCUT2D eigenvalue weighted by atomic mass is 35.5. The van der Waals surface area contributed by atoms with Gasteiger partial charge in [-0.05, 0) is 20.8 Å². The minimum Gasteiger partial charge on any atom is -0.443 e. The molecule has 0 bridgehead atoms. The first-order valence-electron chi connectivity index (χ1n) is 11.1. The lowest BCUT2D eigenvalue weighted by atomic mass is 10.2. The van der Waals surface area contributed by atoms with Gasteiger partial charge >= 0.3 is 16.1 Å². The van der Waals surface area contributed by atoms with E-state index < -0.39 is 88.0 Å². The molecule has 2 heterocycles. The van der Waals surface area contributed by atoms with Crippen LogP contribution in [0.2, 0.25) is 0 Å². The van der Waals surface area contributed by atoms with Crippen LogP contribution in [0.15, 0.2) is 20.6 Å². The lowest BCUT2D eigenvalue weighted by molar-refractivity contribution is -0.383. The number of carbonyl (C=O) groups is 1. The van der Waals surface area contributed by atoms with Crippen molar-refractivity contribution in [2.24, 2.45) is 10.3 Å². The molecule has 0 aliphatic heterocycles. The number of nitrogens with one attached hydrogen (secondary N) is 1. The Morgan fingerprint density at radius 3 is 1.58 bits per heavy atom. The van der Waals surface area contributed by atoms with E-state index in [-0.39, 0.29) is 22.0 Å². The van der Waals surface area contributed by atoms with Crippen molar-refractivity contribution in [1.82, 2.24) is 9.03 Å². The van der Waals surface area contributed by atoms with E-state index in [0.717, 1.165) is 11.6 Å². The third-order valence-electron chi connectivity index (χ3n) is 4.33. The van der Waals surface area contributed by atoms with Crippen LogP contribution in [0.4, 0.5) is 14.8 Å². The molecule has 2 rings (SSSR count). The van der Waals surface area contributed by atoms with E-state index in [2.05, 4.69) is 11.6 Å². The zero-order valence-electron chi connectivity index (χ0n) is 24.1. The zero-order chi connectivity index (χ0) is 35.9. The maximum Gasteiger partial charge on any atom is 0.424 e. The number of carbonyl (C=O) groups excluding carboxylic acids is 1. The summed E-state index contributed by atoms with van der Waals surface area (Å²) in [6, 6.07) is 0. The summed E-state index contributed by atoms with van der Waals surface area (Å²) in [6.45, 7) is 3.38. The number of amides is 1. The highest BCUT2D eigenvalue weighted by Gasteiger charge is 2.35. The Morgan fingerprint density at radius 2 is 1.27 bits per heavy atom. The number of thiophene rings is 2. The number of ether oxygens (including phenoxy) is 1. The second-order valence-corrected chi connectivity index (χ2v) is 17.7. The third-order valence-corrected chi connectivity index (χ3v) is 10.3. The highest BCUT2D eigenvalue weighted by molar-refractivity contribution is 7.90. The molecular weight excluding hydrogens is 752 g/mol. The van der Waals surface area contributed by atoms with Gasteiger partial charge in [-0.3, -0.25) is 20.2 Å². The number of primary sulfonamides is 2. The summed E-state index contributed by atoms with van der Waals surface area (Å²) in [6.07, 6.45) is 1.82. The second kappa shape index (κ2) is 15.8. The van der Waals surface area contributed by atoms with Crippen molar-refractivity contribution < 1.29 is 53.0 Å². The van der Waals surface area contributed by atoms with E-state index in [4.69, 9.17) is 15.0 Å². The molecule has 0 radical (unpaired) electrons. The maximum absolute atomic E-state index is 12.1. The number of hydrogen-bond donors (Lipinski definition) is 3. The van der Waals surface area contributed by atoms with E-state index in [1.807, 2.05) is 4.72 Å². The van der Waals surface area contributed by atoms with Crippen LogP contribution >= 0.6 is 34.3 Å². The molecular formula is C18H29ClN6O14S6. The first-order valence-corrected chi connectivity index (χ1v) is 20.5. The molecule has 2 aromatic rings. The van der Waals surface area contributed by atoms with Gasteiger partial charge in [0.15, 0.2) is 9.79 Å². The molecule has 0 aromatic carbocycles. The third kappa shape index (κ3) is 13.8. The molecule has 0 fully saturated rings. The first kappa shape index (κ1) is 42.4. The monoisotopic (exact) mass is 780 g/mol. The zero-order valence-corrected chi connectivity index (χ0v) is 29.8. The van der Waals surface area contributed by atoms with Gasteiger partial charge in [0.2, 0.25) is 40.1 Å². The number of hydrogen-bond acceptors (Lipinski definition) is 16. The fourth-order valence-electron chi connectivity index (χ4n) is 2.83. The van der Waals surface area contributed by atoms with Crippen molar-refractivity contribution in [2.75, 3.05) is 18.9 Å². The first-order chi connectivity index (χ1) is 20.1. The van der Waals surface area contributed by atoms with Crippen molar-refractivity contribution in [3.05, 3.63) is 42.1 Å². The number of nitrogens with two attached hydrogens (primary N) is 2. The number of sulfonamides is 4. The van der Waals surface area contributed by atoms with Gasteiger partial charge in [-0.25, -0.2) is 57.8 Å². The van der Waals surface area contributed by atoms with Gasteiger partial charge in [-0.15, -0.1) is 11.6 Å². The Labute approximate surface area is 271 Å². The van der Waals surface area contributed by atoms with Gasteiger partial charge in [-0.1, -0.05) is 22.7 Å². The standard InChI is InChI=1S/C11H17N3O8S3.C6H9N3O6S3.CH3Cl/c1-11(2,3)22-10(15)13(24(4,18)19)5-7-6-23-9(14(16)17)8(7)25(12,20)21;1-17(12,13)8-2-4-3-16-6(9(10)11)5(4)18(7,14)15;1-2/h6H,5H2,1-4H3,(H2,12,20,21);3,8H,2H2,1H3,(H2,7,14,15);1H3. The molecule has 1 amide bonds. The van der Waals surface area contributed by atoms with E-state index >= 15 is 0 Å². The molecule has 2 aromatic heterocycles. The lowest BCUT2D eigenvalue weighted by Crippen LogP contribution is -2.40. The van der Waals surface area contributed by atoms with Crippen LogP contribution < -0.4 is 15.0 Å². The summed E-state index contributed by atoms with van der Waals surface area (Å²) in [5, 5.41) is 32.3. The molecule has 258 valence electrons. The Hall–Kier alpha value is -2.56. The lowest BCUT2D eigenvalue weighted by Gasteiger charge is -2.25. The second-order valence-electron chi connectivity index (χ2n) is 9.24. The number of nitrogens with zero attached hydrogens (tertiary/aromatic N) is 3. The van der Waals surface area contributed by atoms with Crippen molar-refractivity contribution in [2.45, 2.75) is 49.3 Å². The van der Waals surface area contributed by atoms with Gasteiger partial charge in [0.1, 0.15) is 5.60 Å². The molecule has 45 heavy (non-hydrogen) atoms. The van der Waals surface area contributed by atoms with Crippen LogP contribution in [0, 0.1) is 20.2 Å². The Balaban J connectivity index is 0.000000854. The van der Waals surface area contributed by atoms with Crippen LogP contribution in [0.5, 0.6) is 0 Å². The topological polar surface area (TPSA) is 316 Å². The Kier molecular flexibility index (Phi) is 14.9. The van der Waals surface area contributed by atoms with Crippen molar-refractivity contribution in [3.8, 4) is 0 Å². The summed E-state index contributed by atoms with van der Waals surface area (Å²) >= 11 is 5.66. The summed E-state index contributed by atoms with van der Waals surface area (Å²) in [7, 11) is -16.5. The molecule has 5 N–H and O–H groups in total. The number of nitro groups is 2. The van der Waals surface area contributed by atoms with Crippen LogP contribution in [0.1, 0.15) is 31.9 Å². The number of halogens is 1. The molecule has 0 aliphatic rings. The smallest absolute Gasteiger partial charge is 0.424 e. The van der Waals surface area contributed by atoms with Crippen molar-refractivity contribution >= 4 is 90.5 Å². The average Bonchev–Trinajstić information content (AvgIpc) is 3.45. The fourth-order valence-corrected chi connectivity index (χ4v) is 8.23. The largest absolute Gasteiger partial charge is 0.443 e. The van der Waals surface area contributed by atoms with Crippen LogP contribution in [0.25, 0.3) is 0 Å². The molecule has 0 atom stereocenters. The molecule has 0 saturated heterocycles. The minimum atomic E-state index is -4.52. The summed E-state index contributed by atoms with van der Waals surface area (Å²) in [5.74, 6) is 0. The van der Waals surface area contributed by atoms with Gasteiger partial charge < -0.3 is 4.74 Å². The van der Waals surface area contributed by atoms with Gasteiger partial charge in [0.05, 0.1) is 28.9 Å². The average molecular weight is 781 g/mol. The van der Waals surface area contributed by atoms with E-state index in [9.17, 15) is 58.7 Å². The molecule has 0 saturated carbocycles. The fraction of sp³-hybridized carbons (Fsp3) is 0.500. The van der Waals surface area contributed by atoms with Crippen LogP contribution in [0.3, 0.4) is 0 Å². The number of rotatable bonds is 10. The molecule has 27 heteroatoms. The quantitative estimate of drug-likeness (QED) is 0.173. The van der Waals surface area contributed by atoms with Crippen LogP contribution in [-0.2, 0) is 57.9 Å². The van der Waals surface area contributed by atoms with Gasteiger partial charge in [-0.2, -0.15) is 0 Å². The van der Waals surface area contributed by atoms with Gasteiger partial charge in [0.25, 0.3) is 0 Å².